The fraction of sp³-hybridized carbons (Fsp3) is 0.391. The summed E-state index contributed by atoms with van der Waals surface area (Å²) in [6, 6.07) is 10.1. The van der Waals surface area contributed by atoms with Crippen LogP contribution in [0.5, 0.6) is 0 Å². The number of nitro benzene ring substituents is 1. The van der Waals surface area contributed by atoms with E-state index in [9.17, 15) is 28.1 Å². The Labute approximate surface area is 198 Å². The molecule has 1 aliphatic rings. The van der Waals surface area contributed by atoms with Crippen LogP contribution in [0, 0.1) is 23.0 Å². The van der Waals surface area contributed by atoms with E-state index in [4.69, 9.17) is 4.74 Å². The topological polar surface area (TPSA) is 136 Å². The van der Waals surface area contributed by atoms with E-state index in [0.717, 1.165) is 5.56 Å². The van der Waals surface area contributed by atoms with Gasteiger partial charge in [0, 0.05) is 36.5 Å². The second kappa shape index (κ2) is 10.7. The lowest BCUT2D eigenvalue weighted by molar-refractivity contribution is -0.384. The van der Waals surface area contributed by atoms with E-state index in [2.05, 4.69) is 5.32 Å². The van der Waals surface area contributed by atoms with E-state index in [1.165, 1.54) is 40.7 Å². The highest BCUT2D eigenvalue weighted by Gasteiger charge is 2.33. The first-order valence-corrected chi connectivity index (χ1v) is 12.4. The molecule has 1 aliphatic heterocycles. The summed E-state index contributed by atoms with van der Waals surface area (Å²) in [4.78, 5) is 35.1. The van der Waals surface area contributed by atoms with Crippen molar-refractivity contribution in [2.75, 3.05) is 31.6 Å². The maximum Gasteiger partial charge on any atom is 0.309 e. The number of nitrogens with zero attached hydrogens (tertiary/aromatic N) is 2. The number of aryl methyl sites for hydroxylation is 1. The van der Waals surface area contributed by atoms with Crippen LogP contribution in [-0.2, 0) is 19.6 Å². The average Bonchev–Trinajstić information content (AvgIpc) is 2.83. The Morgan fingerprint density at radius 3 is 2.53 bits per heavy atom. The highest BCUT2D eigenvalue weighted by atomic mass is 32.2. The molecule has 3 rings (SSSR count). The molecule has 0 radical (unpaired) electrons. The molecule has 0 bridgehead atoms. The molecule has 0 spiro atoms. The van der Waals surface area contributed by atoms with E-state index in [0.29, 0.717) is 18.5 Å². The predicted octanol–water partition coefficient (Wildman–Crippen LogP) is 3.16. The molecular weight excluding hydrogens is 462 g/mol. The molecule has 0 unspecified atom stereocenters. The van der Waals surface area contributed by atoms with Crippen molar-refractivity contribution in [2.45, 2.75) is 31.6 Å². The Balaban J connectivity index is 1.68. The molecule has 10 nitrogen and oxygen atoms in total. The van der Waals surface area contributed by atoms with Gasteiger partial charge in [0.2, 0.25) is 10.0 Å². The van der Waals surface area contributed by atoms with Crippen molar-refractivity contribution in [3.8, 4) is 0 Å². The number of nitrogens with one attached hydrogen (secondary N) is 1. The molecule has 2 aromatic carbocycles. The molecule has 0 saturated carbocycles. The van der Waals surface area contributed by atoms with Crippen LogP contribution in [0.4, 0.5) is 11.4 Å². The molecule has 1 fully saturated rings. The Morgan fingerprint density at radius 1 is 1.18 bits per heavy atom. The van der Waals surface area contributed by atoms with Gasteiger partial charge >= 0.3 is 5.97 Å². The van der Waals surface area contributed by atoms with E-state index >= 15 is 0 Å². The molecule has 1 N–H and O–H groups in total. The van der Waals surface area contributed by atoms with Gasteiger partial charge in [-0.25, -0.2) is 8.42 Å². The molecule has 1 heterocycles. The zero-order valence-electron chi connectivity index (χ0n) is 19.0. The summed E-state index contributed by atoms with van der Waals surface area (Å²) < 4.78 is 32.6. The van der Waals surface area contributed by atoms with Gasteiger partial charge in [0.05, 0.1) is 28.9 Å². The minimum Gasteiger partial charge on any atom is -0.466 e. The van der Waals surface area contributed by atoms with Gasteiger partial charge in [-0.1, -0.05) is 18.2 Å². The third-order valence-electron chi connectivity index (χ3n) is 5.74. The van der Waals surface area contributed by atoms with Crippen LogP contribution in [0.1, 0.15) is 35.7 Å². The Kier molecular flexibility index (Phi) is 8.00. The molecule has 0 atom stereocenters. The van der Waals surface area contributed by atoms with Gasteiger partial charge in [0.15, 0.2) is 5.78 Å². The number of carbonyl (C=O) groups is 2. The molecule has 11 heteroatoms. The normalized spacial score (nSPS) is 15.0. The van der Waals surface area contributed by atoms with Crippen LogP contribution in [-0.4, -0.2) is 55.6 Å². The maximum absolute atomic E-state index is 13.1. The first kappa shape index (κ1) is 25.3. The van der Waals surface area contributed by atoms with Crippen molar-refractivity contribution < 1.29 is 27.7 Å². The minimum absolute atomic E-state index is 0.000496. The number of hydrogen-bond acceptors (Lipinski definition) is 8. The smallest absolute Gasteiger partial charge is 0.309 e. The summed E-state index contributed by atoms with van der Waals surface area (Å²) in [5, 5.41) is 13.9. The monoisotopic (exact) mass is 489 g/mol. The summed E-state index contributed by atoms with van der Waals surface area (Å²) in [6.45, 7) is 4.00. The van der Waals surface area contributed by atoms with Crippen LogP contribution < -0.4 is 5.32 Å². The number of ether oxygens (including phenoxy) is 1. The molecule has 2 aromatic rings. The van der Waals surface area contributed by atoms with Crippen molar-refractivity contribution in [3.05, 3.63) is 63.7 Å². The summed E-state index contributed by atoms with van der Waals surface area (Å²) in [5.41, 5.74) is 1.30. The number of piperidine rings is 1. The Bertz CT molecular complexity index is 1190. The number of rotatable bonds is 9. The summed E-state index contributed by atoms with van der Waals surface area (Å²) in [7, 11) is -3.83. The van der Waals surface area contributed by atoms with E-state index in [1.807, 2.05) is 0 Å². The fourth-order valence-corrected chi connectivity index (χ4v) is 5.28. The minimum atomic E-state index is -3.83. The molecular formula is C23H27N3O7S. The summed E-state index contributed by atoms with van der Waals surface area (Å²) in [5.74, 6) is -0.981. The summed E-state index contributed by atoms with van der Waals surface area (Å²) >= 11 is 0. The van der Waals surface area contributed by atoms with Crippen molar-refractivity contribution in [2.24, 2.45) is 5.92 Å². The van der Waals surface area contributed by atoms with Gasteiger partial charge in [0.25, 0.3) is 5.69 Å². The van der Waals surface area contributed by atoms with E-state index < -0.39 is 14.9 Å². The maximum atomic E-state index is 13.1. The van der Waals surface area contributed by atoms with Gasteiger partial charge in [0.1, 0.15) is 0 Å². The number of esters is 1. The molecule has 182 valence electrons. The second-order valence-corrected chi connectivity index (χ2v) is 9.93. The Morgan fingerprint density at radius 2 is 1.88 bits per heavy atom. The second-order valence-electron chi connectivity index (χ2n) is 7.99. The van der Waals surface area contributed by atoms with Crippen molar-refractivity contribution >= 4 is 33.2 Å². The molecule has 0 aliphatic carbocycles. The molecule has 34 heavy (non-hydrogen) atoms. The average molecular weight is 490 g/mol. The van der Waals surface area contributed by atoms with Gasteiger partial charge in [-0.3, -0.25) is 19.7 Å². The number of carbonyl (C=O) groups excluding carboxylic acids is 2. The van der Waals surface area contributed by atoms with Gasteiger partial charge in [-0.2, -0.15) is 4.31 Å². The number of benzene rings is 2. The number of hydrogen-bond donors (Lipinski definition) is 1. The number of non-ortho nitro benzene ring substituents is 1. The SMILES string of the molecule is CCOC(=O)C1CCN(S(=O)(=O)c2cccc(C(=O)CNc3cc([N+](=O)[O-])ccc3C)c2)CC1. The number of anilines is 1. The lowest BCUT2D eigenvalue weighted by Gasteiger charge is -2.30. The predicted molar refractivity (Wildman–Crippen MR) is 125 cm³/mol. The van der Waals surface area contributed by atoms with Gasteiger partial charge < -0.3 is 10.1 Å². The van der Waals surface area contributed by atoms with Crippen molar-refractivity contribution in [3.63, 3.8) is 0 Å². The number of Topliss-reactive ketones (excluding diaryl/α,β-unsaturated/α-hetero) is 1. The first-order valence-electron chi connectivity index (χ1n) is 10.9. The fourth-order valence-electron chi connectivity index (χ4n) is 3.76. The van der Waals surface area contributed by atoms with E-state index in [1.54, 1.807) is 19.9 Å². The summed E-state index contributed by atoms with van der Waals surface area (Å²) in [6.07, 6.45) is 0.756. The largest absolute Gasteiger partial charge is 0.466 e. The molecule has 0 aromatic heterocycles. The number of sulfonamides is 1. The Hall–Kier alpha value is -3.31. The lowest BCUT2D eigenvalue weighted by Crippen LogP contribution is -2.40. The number of nitro groups is 1. The van der Waals surface area contributed by atoms with Gasteiger partial charge in [-0.15, -0.1) is 0 Å². The zero-order chi connectivity index (χ0) is 24.9. The van der Waals surface area contributed by atoms with Crippen LogP contribution in [0.25, 0.3) is 0 Å². The zero-order valence-corrected chi connectivity index (χ0v) is 19.8. The van der Waals surface area contributed by atoms with Crippen LogP contribution >= 0.6 is 0 Å². The highest BCUT2D eigenvalue weighted by Crippen LogP contribution is 2.26. The number of ketones is 1. The third kappa shape index (κ3) is 5.78. The van der Waals surface area contributed by atoms with Gasteiger partial charge in [-0.05, 0) is 44.4 Å². The van der Waals surface area contributed by atoms with Crippen molar-refractivity contribution in [1.29, 1.82) is 0 Å². The van der Waals surface area contributed by atoms with E-state index in [-0.39, 0.29) is 60.1 Å². The molecule has 0 amide bonds. The quantitative estimate of drug-likeness (QED) is 0.246. The van der Waals surface area contributed by atoms with Crippen LogP contribution in [0.2, 0.25) is 0 Å². The standard InChI is InChI=1S/C23H27N3O7S/c1-3-33-23(28)17-9-11-25(12-10-17)34(31,32)20-6-4-5-18(13-20)22(27)15-24-21-14-19(26(29)30)8-7-16(21)2/h4-8,13-14,17,24H,3,9-12,15H2,1-2H3. The third-order valence-corrected chi connectivity index (χ3v) is 7.63. The molecule has 1 saturated heterocycles. The van der Waals surface area contributed by atoms with Crippen LogP contribution in [0.3, 0.4) is 0 Å². The van der Waals surface area contributed by atoms with Crippen molar-refractivity contribution in [1.82, 2.24) is 4.31 Å². The van der Waals surface area contributed by atoms with Crippen LogP contribution in [0.15, 0.2) is 47.4 Å². The first-order chi connectivity index (χ1) is 16.1. The lowest BCUT2D eigenvalue weighted by atomic mass is 9.98. The highest BCUT2D eigenvalue weighted by molar-refractivity contribution is 7.89.